The molecular weight excluding hydrogens is 499 g/mol. The van der Waals surface area contributed by atoms with Crippen molar-refractivity contribution in [1.82, 2.24) is 0 Å². The van der Waals surface area contributed by atoms with Gasteiger partial charge in [0.05, 0.1) is 12.5 Å². The van der Waals surface area contributed by atoms with E-state index in [2.05, 4.69) is 17.6 Å². The third-order valence-electron chi connectivity index (χ3n) is 6.89. The molecule has 1 saturated heterocycles. The molecule has 1 aliphatic carbocycles. The smallest absolute Gasteiger partial charge is 0.323 e. The van der Waals surface area contributed by atoms with Gasteiger partial charge in [0.25, 0.3) is 0 Å². The number of nitrogens with one attached hydrogen (secondary N) is 2. The molecule has 39 heavy (non-hydrogen) atoms. The Morgan fingerprint density at radius 2 is 1.74 bits per heavy atom. The number of carboxylic acids is 1. The Hall–Kier alpha value is -4.04. The molecule has 3 aromatic rings. The van der Waals surface area contributed by atoms with Crippen molar-refractivity contribution in [2.24, 2.45) is 0 Å². The van der Waals surface area contributed by atoms with E-state index in [0.717, 1.165) is 23.3 Å². The molecule has 2 amide bonds. The minimum absolute atomic E-state index is 0.145. The highest BCUT2D eigenvalue weighted by molar-refractivity contribution is 6.06. The molecule has 0 spiro atoms. The van der Waals surface area contributed by atoms with Gasteiger partial charge in [-0.3, -0.25) is 9.59 Å². The van der Waals surface area contributed by atoms with Gasteiger partial charge in [0.1, 0.15) is 0 Å². The van der Waals surface area contributed by atoms with Gasteiger partial charge in [-0.1, -0.05) is 42.5 Å². The fourth-order valence-electron chi connectivity index (χ4n) is 4.80. The lowest BCUT2D eigenvalue weighted by Crippen LogP contribution is -2.40. The average Bonchev–Trinajstić information content (AvgIpc) is 3.37. The Morgan fingerprint density at radius 1 is 1.03 bits per heavy atom. The summed E-state index contributed by atoms with van der Waals surface area (Å²) in [5, 5.41) is 14.5. The molecule has 2 unspecified atom stereocenters. The number of alkyl halides is 1. The summed E-state index contributed by atoms with van der Waals surface area (Å²) in [5.41, 5.74) is 2.67. The van der Waals surface area contributed by atoms with Crippen LogP contribution in [0.1, 0.15) is 54.1 Å². The first kappa shape index (κ1) is 28.0. The Balaban J connectivity index is 0.000000519. The molecule has 8 heteroatoms. The Morgan fingerprint density at radius 3 is 2.36 bits per heavy atom. The number of anilines is 2. The van der Waals surface area contributed by atoms with Crippen LogP contribution in [0.15, 0.2) is 66.7 Å². The predicted octanol–water partition coefficient (Wildman–Crippen LogP) is 6.80. The van der Waals surface area contributed by atoms with E-state index in [4.69, 9.17) is 9.84 Å². The van der Waals surface area contributed by atoms with Crippen molar-refractivity contribution >= 4 is 29.2 Å². The van der Waals surface area contributed by atoms with Gasteiger partial charge in [0, 0.05) is 23.5 Å². The van der Waals surface area contributed by atoms with Crippen molar-refractivity contribution in [1.29, 1.82) is 0 Å². The van der Waals surface area contributed by atoms with Crippen LogP contribution < -0.4 is 10.6 Å². The largest absolute Gasteiger partial charge is 0.481 e. The minimum atomic E-state index is -2.35. The number of halogens is 1. The second kappa shape index (κ2) is 12.2. The molecule has 1 heterocycles. The molecule has 0 bridgehead atoms. The summed E-state index contributed by atoms with van der Waals surface area (Å²) in [6, 6.07) is 19.5. The number of rotatable bonds is 5. The van der Waals surface area contributed by atoms with E-state index in [1.165, 1.54) is 12.8 Å². The highest BCUT2D eigenvalue weighted by Crippen LogP contribution is 2.36. The molecule has 2 atom stereocenters. The maximum atomic E-state index is 14.9. The number of benzene rings is 3. The first-order chi connectivity index (χ1) is 18.6. The van der Waals surface area contributed by atoms with Crippen LogP contribution in [0, 0.1) is 6.92 Å². The number of carbonyl (C=O) groups is 3. The van der Waals surface area contributed by atoms with Crippen LogP contribution in [0.25, 0.3) is 11.1 Å². The van der Waals surface area contributed by atoms with E-state index < -0.39 is 23.8 Å². The lowest BCUT2D eigenvalue weighted by Gasteiger charge is -2.28. The van der Waals surface area contributed by atoms with Crippen molar-refractivity contribution < 1.29 is 28.6 Å². The lowest BCUT2D eigenvalue weighted by molar-refractivity contribution is -0.139. The van der Waals surface area contributed by atoms with E-state index >= 15 is 0 Å². The SMILES string of the molecule is CC1CCCO1.Cc1cccc(NC(=O)Nc2ccc(-c3ccc4c(c3)CCC(F)(CC(=O)O)C4=O)cc2)c1. The molecule has 204 valence electrons. The summed E-state index contributed by atoms with van der Waals surface area (Å²) in [6.45, 7) is 5.05. The van der Waals surface area contributed by atoms with Gasteiger partial charge < -0.3 is 20.5 Å². The van der Waals surface area contributed by atoms with E-state index in [1.807, 2.05) is 49.4 Å². The first-order valence-electron chi connectivity index (χ1n) is 13.1. The van der Waals surface area contributed by atoms with Gasteiger partial charge in [0.15, 0.2) is 5.67 Å². The molecule has 0 aromatic heterocycles. The van der Waals surface area contributed by atoms with Gasteiger partial charge in [-0.25, -0.2) is 9.18 Å². The van der Waals surface area contributed by atoms with Gasteiger partial charge in [0.2, 0.25) is 5.78 Å². The highest BCUT2D eigenvalue weighted by atomic mass is 19.1. The molecule has 3 aromatic carbocycles. The highest BCUT2D eigenvalue weighted by Gasteiger charge is 2.44. The number of urea groups is 1. The molecule has 5 rings (SSSR count). The number of Topliss-reactive ketones (excluding diaryl/α,β-unsaturated/α-hetero) is 1. The summed E-state index contributed by atoms with van der Waals surface area (Å²) < 4.78 is 20.0. The van der Waals surface area contributed by atoms with Crippen molar-refractivity contribution in [3.63, 3.8) is 0 Å². The third-order valence-corrected chi connectivity index (χ3v) is 6.89. The van der Waals surface area contributed by atoms with Crippen LogP contribution >= 0.6 is 0 Å². The van der Waals surface area contributed by atoms with Gasteiger partial charge in [-0.15, -0.1) is 0 Å². The predicted molar refractivity (Wildman–Crippen MR) is 149 cm³/mol. The maximum absolute atomic E-state index is 14.9. The standard InChI is InChI=1S/C26H23FN2O4.C5H10O/c1-16-3-2-4-21(13-16)29-25(33)28-20-8-5-17(6-9-20)18-7-10-22-19(14-18)11-12-26(27,24(22)32)15-23(30)31;1-5-3-2-4-6-5/h2-10,13-14H,11-12,15H2,1H3,(H,30,31)(H2,28,29,33);5H,2-4H2,1H3. The Bertz CT molecular complexity index is 1350. The quantitative estimate of drug-likeness (QED) is 0.335. The van der Waals surface area contributed by atoms with Gasteiger partial charge in [-0.2, -0.15) is 0 Å². The summed E-state index contributed by atoms with van der Waals surface area (Å²) in [4.78, 5) is 35.7. The maximum Gasteiger partial charge on any atom is 0.323 e. The lowest BCUT2D eigenvalue weighted by atomic mass is 9.78. The van der Waals surface area contributed by atoms with Crippen molar-refractivity contribution in [3.8, 4) is 11.1 Å². The normalized spacial score (nSPS) is 19.9. The summed E-state index contributed by atoms with van der Waals surface area (Å²) in [7, 11) is 0. The number of carboxylic acid groups (broad SMARTS) is 1. The topological polar surface area (TPSA) is 105 Å². The number of ketones is 1. The average molecular weight is 533 g/mol. The van der Waals surface area contributed by atoms with Crippen LogP contribution in [-0.4, -0.2) is 41.3 Å². The zero-order valence-electron chi connectivity index (χ0n) is 22.1. The number of aryl methyl sites for hydroxylation is 2. The molecular formula is C31H33FN2O5. The fraction of sp³-hybridized carbons (Fsp3) is 0.323. The zero-order valence-corrected chi connectivity index (χ0v) is 22.1. The van der Waals surface area contributed by atoms with Crippen molar-refractivity contribution in [3.05, 3.63) is 83.4 Å². The van der Waals surface area contributed by atoms with Crippen LogP contribution in [0.2, 0.25) is 0 Å². The zero-order chi connectivity index (χ0) is 28.0. The molecule has 7 nitrogen and oxygen atoms in total. The molecule has 2 aliphatic rings. The van der Waals surface area contributed by atoms with E-state index in [-0.39, 0.29) is 24.4 Å². The first-order valence-corrected chi connectivity index (χ1v) is 13.1. The second-order valence-electron chi connectivity index (χ2n) is 10.1. The van der Waals surface area contributed by atoms with Crippen LogP contribution in [0.3, 0.4) is 0 Å². The number of carbonyl (C=O) groups excluding carboxylic acids is 2. The Labute approximate surface area is 227 Å². The number of amides is 2. The monoisotopic (exact) mass is 532 g/mol. The summed E-state index contributed by atoms with van der Waals surface area (Å²) in [6.07, 6.45) is 2.40. The minimum Gasteiger partial charge on any atom is -0.481 e. The molecule has 0 radical (unpaired) electrons. The molecule has 3 N–H and O–H groups in total. The van der Waals surface area contributed by atoms with E-state index in [9.17, 15) is 18.8 Å². The van der Waals surface area contributed by atoms with Crippen LogP contribution in [0.4, 0.5) is 20.6 Å². The van der Waals surface area contributed by atoms with Crippen LogP contribution in [-0.2, 0) is 16.0 Å². The van der Waals surface area contributed by atoms with E-state index in [1.54, 1.807) is 24.3 Å². The van der Waals surface area contributed by atoms with Crippen molar-refractivity contribution in [2.45, 2.75) is 57.7 Å². The Kier molecular flexibility index (Phi) is 8.76. The number of hydrogen-bond acceptors (Lipinski definition) is 4. The second-order valence-corrected chi connectivity index (χ2v) is 10.1. The molecule has 1 fully saturated rings. The number of hydrogen-bond donors (Lipinski definition) is 3. The number of ether oxygens (including phenoxy) is 1. The van der Waals surface area contributed by atoms with Crippen molar-refractivity contribution in [2.75, 3.05) is 17.2 Å². The van der Waals surface area contributed by atoms with Crippen LogP contribution in [0.5, 0.6) is 0 Å². The van der Waals surface area contributed by atoms with Gasteiger partial charge in [-0.05, 0) is 86.1 Å². The third kappa shape index (κ3) is 7.29. The number of aliphatic carboxylic acids is 1. The molecule has 0 saturated carbocycles. The number of fused-ring (bicyclic) bond motifs is 1. The van der Waals surface area contributed by atoms with Gasteiger partial charge >= 0.3 is 12.0 Å². The molecule has 1 aliphatic heterocycles. The fourth-order valence-corrected chi connectivity index (χ4v) is 4.80. The summed E-state index contributed by atoms with van der Waals surface area (Å²) in [5.74, 6) is -2.09. The van der Waals surface area contributed by atoms with E-state index in [0.29, 0.717) is 23.0 Å². The summed E-state index contributed by atoms with van der Waals surface area (Å²) >= 11 is 0.